The highest BCUT2D eigenvalue weighted by Gasteiger charge is 2.68. The first-order chi connectivity index (χ1) is 32.9. The van der Waals surface area contributed by atoms with Gasteiger partial charge in [-0.15, -0.1) is 0 Å². The Hall–Kier alpha value is -5.62. The van der Waals surface area contributed by atoms with Crippen LogP contribution in [0.5, 0.6) is 0 Å². The number of hydrogen-bond donors (Lipinski definition) is 2. The number of carbonyl (C=O) groups excluding carboxylic acids is 2. The van der Waals surface area contributed by atoms with E-state index in [4.69, 9.17) is 16.3 Å². The van der Waals surface area contributed by atoms with Crippen LogP contribution in [0.2, 0.25) is 5.02 Å². The van der Waals surface area contributed by atoms with Crippen molar-refractivity contribution < 1.29 is 75.4 Å². The van der Waals surface area contributed by atoms with Crippen LogP contribution in [0.25, 0.3) is 22.0 Å². The van der Waals surface area contributed by atoms with Crippen LogP contribution in [0.1, 0.15) is 91.6 Å². The molecule has 7 rings (SSSR count). The lowest BCUT2D eigenvalue weighted by Gasteiger charge is -2.23. The van der Waals surface area contributed by atoms with Gasteiger partial charge < -0.3 is 10.1 Å². The van der Waals surface area contributed by atoms with Gasteiger partial charge in [0.05, 0.1) is 34.5 Å². The minimum atomic E-state index is -5.20. The number of aromatic nitrogens is 5. The number of benzene rings is 2. The number of nitrogens with zero attached hydrogens (tertiary/aromatic N) is 6. The predicted octanol–water partition coefficient (Wildman–Crippen LogP) is 8.53. The Morgan fingerprint density at radius 2 is 1.70 bits per heavy atom. The Labute approximate surface area is 405 Å². The van der Waals surface area contributed by atoms with Crippen molar-refractivity contribution in [1.29, 1.82) is 0 Å². The predicted molar refractivity (Wildman–Crippen MR) is 235 cm³/mol. The Balaban J connectivity index is 1.43. The zero-order valence-electron chi connectivity index (χ0n) is 37.5. The van der Waals surface area contributed by atoms with Crippen LogP contribution in [-0.2, 0) is 73.6 Å². The fourth-order valence-electron chi connectivity index (χ4n) is 8.19. The monoisotopic (exact) mass is 1070 g/mol. The third kappa shape index (κ3) is 11.4. The number of fused-ring (bicyclic) bond motifs is 4. The van der Waals surface area contributed by atoms with Crippen LogP contribution in [0.15, 0.2) is 42.5 Å². The van der Waals surface area contributed by atoms with Crippen LogP contribution in [0, 0.1) is 29.4 Å². The first-order valence-electron chi connectivity index (χ1n) is 21.2. The molecule has 0 saturated heterocycles. The molecule has 3 heterocycles. The summed E-state index contributed by atoms with van der Waals surface area (Å²) in [5.74, 6) is -5.60. The summed E-state index contributed by atoms with van der Waals surface area (Å²) in [5, 5.41) is 9.47. The van der Waals surface area contributed by atoms with Crippen molar-refractivity contribution in [2.45, 2.75) is 101 Å². The van der Waals surface area contributed by atoms with Crippen LogP contribution in [0.3, 0.4) is 0 Å². The molecule has 3 aromatic heterocycles. The molecule has 14 nitrogen and oxygen atoms in total. The number of nitrogens with one attached hydrogen (secondary N) is 1. The fourth-order valence-corrected chi connectivity index (χ4v) is 9.07. The molecule has 382 valence electrons. The van der Waals surface area contributed by atoms with E-state index < -0.39 is 141 Å². The van der Waals surface area contributed by atoms with E-state index in [2.05, 4.69) is 32.3 Å². The van der Waals surface area contributed by atoms with E-state index in [1.165, 1.54) is 38.1 Å². The number of sulfone groups is 1. The fraction of sp³-hybridized carbons (Fsp3) is 0.432. The topological polar surface area (TPSA) is 179 Å². The van der Waals surface area contributed by atoms with Gasteiger partial charge in [-0.2, -0.15) is 49.6 Å². The van der Waals surface area contributed by atoms with E-state index in [1.807, 2.05) is 0 Å². The van der Waals surface area contributed by atoms with Gasteiger partial charge >= 0.3 is 18.3 Å². The molecule has 1 fully saturated rings. The molecule has 27 heteroatoms. The average Bonchev–Trinajstić information content (AvgIpc) is 3.76. The highest BCUT2D eigenvalue weighted by atomic mass is 35.5. The molecular weight excluding hydrogens is 1030 g/mol. The number of pyridine rings is 1. The molecule has 2 unspecified atom stereocenters. The molecule has 2 N–H and O–H groups in total. The largest absolute Gasteiger partial charge is 0.448 e. The van der Waals surface area contributed by atoms with Crippen molar-refractivity contribution in [2.24, 2.45) is 5.92 Å². The Bertz CT molecular complexity index is 3130. The standard InChI is InChI=1S/C44H40ClF10N7O7S2/c1-5-6-34(64)69-21-60(70(65)66)18-32-36-30(45)10-9-27(38(36)62(58-32)20-42(48,49)50)26-8-7-25(11-12-41(2,3)71(4,67)68)56-37(26)31(15-22-13-23(46)16-24(47)14-22)57-33(63)19-61-40-35(39(59-61)44(53,54)55)28-17-29(28)43(40,51)52/h7-10,13-14,16,28-29,31H,5-6,15,17-21H2,1-4H3,(H,57,63)(H,65,66)/t28-,29+,31?/m0/s1. The van der Waals surface area contributed by atoms with Crippen LogP contribution in [-0.4, -0.2) is 81.8 Å². The van der Waals surface area contributed by atoms with Gasteiger partial charge in [-0.1, -0.05) is 30.5 Å². The maximum absolute atomic E-state index is 15.6. The smallest absolute Gasteiger partial charge is 0.435 e. The van der Waals surface area contributed by atoms with Crippen molar-refractivity contribution in [3.8, 4) is 23.0 Å². The van der Waals surface area contributed by atoms with Crippen molar-refractivity contribution >= 4 is 55.5 Å². The Morgan fingerprint density at radius 1 is 1.04 bits per heavy atom. The second-order valence-corrected chi connectivity index (χ2v) is 21.4. The molecular formula is C44H40ClF10N7O7S2. The second-order valence-electron chi connectivity index (χ2n) is 17.4. The molecule has 1 saturated carbocycles. The maximum Gasteiger partial charge on any atom is 0.435 e. The molecule has 71 heavy (non-hydrogen) atoms. The van der Waals surface area contributed by atoms with Gasteiger partial charge in [-0.25, -0.2) is 26.4 Å². The third-order valence-electron chi connectivity index (χ3n) is 11.8. The lowest BCUT2D eigenvalue weighted by atomic mass is 9.93. The summed E-state index contributed by atoms with van der Waals surface area (Å²) >= 11 is 3.73. The minimum absolute atomic E-state index is 0.0724. The molecule has 0 radical (unpaired) electrons. The summed E-state index contributed by atoms with van der Waals surface area (Å²) in [6, 6.07) is 5.30. The molecule has 2 aliphatic rings. The minimum Gasteiger partial charge on any atom is -0.448 e. The zero-order chi connectivity index (χ0) is 52.3. The SMILES string of the molecule is CCCC(=O)OCN(Cc1nn(CC(F)(F)F)c2c(-c3ccc(C#CC(C)(C)S(C)(=O)=O)nc3C(Cc3cc(F)cc(F)c3)NC(=O)Cn3nc(C(F)(F)F)c4c3C(F)(F)[C@@H]3C[C@H]43)ccc(Cl)c12)S(=O)O. The van der Waals surface area contributed by atoms with Crippen LogP contribution < -0.4 is 5.32 Å². The van der Waals surface area contributed by atoms with Crippen LogP contribution in [0.4, 0.5) is 43.9 Å². The molecule has 2 aliphatic carbocycles. The lowest BCUT2D eigenvalue weighted by molar-refractivity contribution is -0.147. The van der Waals surface area contributed by atoms with E-state index in [0.29, 0.717) is 21.5 Å². The number of esters is 1. The summed E-state index contributed by atoms with van der Waals surface area (Å²) in [5.41, 5.74) is -5.50. The maximum atomic E-state index is 15.6. The molecule has 0 bridgehead atoms. The first kappa shape index (κ1) is 53.2. The molecule has 5 aromatic rings. The Kier molecular flexibility index (Phi) is 14.6. The van der Waals surface area contributed by atoms with E-state index in [0.717, 1.165) is 18.4 Å². The van der Waals surface area contributed by atoms with E-state index in [1.54, 1.807) is 6.92 Å². The number of alkyl halides is 8. The number of hydrogen-bond acceptors (Lipinski definition) is 9. The zero-order valence-corrected chi connectivity index (χ0v) is 39.9. The summed E-state index contributed by atoms with van der Waals surface area (Å²) in [7, 11) is -3.87. The van der Waals surface area contributed by atoms with Gasteiger partial charge in [0.1, 0.15) is 40.9 Å². The van der Waals surface area contributed by atoms with Gasteiger partial charge in [0.25, 0.3) is 5.92 Å². The Morgan fingerprint density at radius 3 is 2.31 bits per heavy atom. The number of amides is 1. The number of ether oxygens (including phenoxy) is 1. The number of rotatable bonds is 16. The normalized spacial score (nSPS) is 17.4. The van der Waals surface area contributed by atoms with Gasteiger partial charge in [-0.3, -0.25) is 23.5 Å². The number of halogens is 11. The van der Waals surface area contributed by atoms with Crippen molar-refractivity contribution in [3.05, 3.63) is 98.7 Å². The van der Waals surface area contributed by atoms with Gasteiger partial charge in [0, 0.05) is 46.7 Å². The van der Waals surface area contributed by atoms with Gasteiger partial charge in [-0.05, 0) is 80.8 Å². The van der Waals surface area contributed by atoms with Gasteiger partial charge in [0.2, 0.25) is 17.2 Å². The molecule has 4 atom stereocenters. The lowest BCUT2D eigenvalue weighted by Crippen LogP contribution is -2.35. The quantitative estimate of drug-likeness (QED) is 0.0320. The van der Waals surface area contributed by atoms with Crippen LogP contribution >= 0.6 is 11.6 Å². The van der Waals surface area contributed by atoms with Crippen molar-refractivity contribution in [3.63, 3.8) is 0 Å². The summed E-state index contributed by atoms with van der Waals surface area (Å²) in [6.07, 6.45) is -9.94. The summed E-state index contributed by atoms with van der Waals surface area (Å²) in [6.45, 7) is -0.471. The highest BCUT2D eigenvalue weighted by molar-refractivity contribution is 7.92. The molecule has 1 amide bonds. The highest BCUT2D eigenvalue weighted by Crippen LogP contribution is 2.68. The van der Waals surface area contributed by atoms with E-state index in [-0.39, 0.29) is 61.7 Å². The molecule has 2 aromatic carbocycles. The number of carbonyl (C=O) groups is 2. The van der Waals surface area contributed by atoms with E-state index in [9.17, 15) is 61.9 Å². The third-order valence-corrected chi connectivity index (χ3v) is 14.7. The van der Waals surface area contributed by atoms with E-state index >= 15 is 8.78 Å². The van der Waals surface area contributed by atoms with Gasteiger partial charge in [0.15, 0.2) is 22.3 Å². The molecule has 0 spiro atoms. The van der Waals surface area contributed by atoms with Crippen molar-refractivity contribution in [1.82, 2.24) is 34.2 Å². The van der Waals surface area contributed by atoms with Crippen molar-refractivity contribution in [2.75, 3.05) is 13.0 Å². The molecule has 0 aliphatic heterocycles. The summed E-state index contributed by atoms with van der Waals surface area (Å²) < 4.78 is 199. The average molecular weight is 1070 g/mol. The first-order valence-corrected chi connectivity index (χ1v) is 24.5. The summed E-state index contributed by atoms with van der Waals surface area (Å²) in [4.78, 5) is 30.8. The second kappa shape index (κ2) is 19.4.